The van der Waals surface area contributed by atoms with E-state index in [2.05, 4.69) is 15.9 Å². The van der Waals surface area contributed by atoms with Gasteiger partial charge in [-0.2, -0.15) is 4.31 Å². The highest BCUT2D eigenvalue weighted by Crippen LogP contribution is 2.31. The molecule has 0 amide bonds. The Morgan fingerprint density at radius 3 is 2.31 bits per heavy atom. The third kappa shape index (κ3) is 4.25. The summed E-state index contributed by atoms with van der Waals surface area (Å²) >= 11 is 3.44. The molecule has 0 spiro atoms. The lowest BCUT2D eigenvalue weighted by atomic mass is 10.1. The predicted molar refractivity (Wildman–Crippen MR) is 147 cm³/mol. The Balaban J connectivity index is 1.69. The molecule has 1 unspecified atom stereocenters. The Kier molecular flexibility index (Phi) is 6.51. The zero-order valence-corrected chi connectivity index (χ0v) is 22.2. The molecule has 182 valence electrons. The maximum Gasteiger partial charge on any atom is 0.266 e. The van der Waals surface area contributed by atoms with E-state index < -0.39 is 16.1 Å². The Bertz CT molecular complexity index is 1750. The normalized spacial score (nSPS) is 12.9. The van der Waals surface area contributed by atoms with Crippen molar-refractivity contribution in [2.45, 2.75) is 24.3 Å². The van der Waals surface area contributed by atoms with Crippen LogP contribution < -0.4 is 5.56 Å². The zero-order valence-electron chi connectivity index (χ0n) is 19.8. The Morgan fingerprint density at radius 2 is 1.58 bits per heavy atom. The summed E-state index contributed by atoms with van der Waals surface area (Å²) in [6, 6.07) is 26.5. The number of sulfonamides is 1. The van der Waals surface area contributed by atoms with Crippen molar-refractivity contribution in [3.8, 4) is 5.69 Å². The molecule has 0 fully saturated rings. The number of aromatic nitrogens is 2. The lowest BCUT2D eigenvalue weighted by Gasteiger charge is -2.28. The second kappa shape index (κ2) is 9.61. The van der Waals surface area contributed by atoms with Crippen LogP contribution in [0.3, 0.4) is 0 Å². The van der Waals surface area contributed by atoms with Gasteiger partial charge < -0.3 is 0 Å². The van der Waals surface area contributed by atoms with Crippen molar-refractivity contribution in [1.29, 1.82) is 0 Å². The lowest BCUT2D eigenvalue weighted by molar-refractivity contribution is 0.347. The highest BCUT2D eigenvalue weighted by atomic mass is 79.9. The quantitative estimate of drug-likeness (QED) is 0.252. The van der Waals surface area contributed by atoms with Gasteiger partial charge in [0.1, 0.15) is 5.82 Å². The monoisotopic (exact) mass is 561 g/mol. The minimum absolute atomic E-state index is 0.195. The number of rotatable bonds is 6. The summed E-state index contributed by atoms with van der Waals surface area (Å²) in [5.41, 5.74) is 0.903. The SMILES string of the molecule is CCC(c1nc2ccccc2c(=O)n1-c1ccc(Br)cc1)N(C)S(=O)(=O)c1ccc2ccccc2c1. The second-order valence-electron chi connectivity index (χ2n) is 8.56. The molecule has 0 radical (unpaired) electrons. The minimum atomic E-state index is -3.89. The molecule has 8 heteroatoms. The van der Waals surface area contributed by atoms with E-state index in [0.29, 0.717) is 28.8 Å². The molecule has 5 aromatic rings. The highest BCUT2D eigenvalue weighted by Gasteiger charge is 2.32. The number of hydrogen-bond donors (Lipinski definition) is 0. The van der Waals surface area contributed by atoms with Crippen molar-refractivity contribution < 1.29 is 8.42 Å². The molecule has 6 nitrogen and oxygen atoms in total. The first kappa shape index (κ1) is 24.4. The molecule has 1 aromatic heterocycles. The van der Waals surface area contributed by atoms with E-state index >= 15 is 0 Å². The summed E-state index contributed by atoms with van der Waals surface area (Å²) < 4.78 is 31.3. The fourth-order valence-corrected chi connectivity index (χ4v) is 6.17. The van der Waals surface area contributed by atoms with E-state index in [1.165, 1.54) is 8.87 Å². The highest BCUT2D eigenvalue weighted by molar-refractivity contribution is 9.10. The van der Waals surface area contributed by atoms with Gasteiger partial charge in [0.05, 0.1) is 27.5 Å². The van der Waals surface area contributed by atoms with Crippen LogP contribution in [0.15, 0.2) is 105 Å². The molecule has 0 aliphatic carbocycles. The molecule has 0 bridgehead atoms. The molecule has 0 aliphatic heterocycles. The van der Waals surface area contributed by atoms with E-state index in [0.717, 1.165) is 15.2 Å². The smallest absolute Gasteiger partial charge is 0.266 e. The van der Waals surface area contributed by atoms with Gasteiger partial charge in [-0.15, -0.1) is 0 Å². The van der Waals surface area contributed by atoms with Crippen LogP contribution in [0.2, 0.25) is 0 Å². The van der Waals surface area contributed by atoms with E-state index in [4.69, 9.17) is 4.98 Å². The first-order chi connectivity index (χ1) is 17.3. The summed E-state index contributed by atoms with van der Waals surface area (Å²) in [7, 11) is -2.34. The van der Waals surface area contributed by atoms with Crippen LogP contribution in [-0.4, -0.2) is 29.3 Å². The molecule has 0 N–H and O–H groups in total. The fraction of sp³-hybridized carbons (Fsp3) is 0.143. The van der Waals surface area contributed by atoms with Gasteiger partial charge in [-0.1, -0.05) is 65.3 Å². The molecule has 1 atom stereocenters. The van der Waals surface area contributed by atoms with E-state index in [-0.39, 0.29) is 10.5 Å². The van der Waals surface area contributed by atoms with Crippen LogP contribution in [0.4, 0.5) is 0 Å². The molecule has 1 heterocycles. The lowest BCUT2D eigenvalue weighted by Crippen LogP contribution is -2.36. The molecular formula is C28H24BrN3O3S. The van der Waals surface area contributed by atoms with Crippen molar-refractivity contribution in [3.05, 3.63) is 112 Å². The Labute approximate surface area is 218 Å². The van der Waals surface area contributed by atoms with Crippen molar-refractivity contribution in [3.63, 3.8) is 0 Å². The summed E-state index contributed by atoms with van der Waals surface area (Å²) in [6.07, 6.45) is 0.421. The Morgan fingerprint density at radius 1 is 0.917 bits per heavy atom. The maximum absolute atomic E-state index is 13.8. The third-order valence-electron chi connectivity index (χ3n) is 6.41. The van der Waals surface area contributed by atoms with Gasteiger partial charge >= 0.3 is 0 Å². The maximum atomic E-state index is 13.8. The predicted octanol–water partition coefficient (Wildman–Crippen LogP) is 6.07. The fourth-order valence-electron chi connectivity index (χ4n) is 4.48. The number of benzene rings is 4. The summed E-state index contributed by atoms with van der Waals surface area (Å²) in [4.78, 5) is 18.7. The number of hydrogen-bond acceptors (Lipinski definition) is 4. The standard InChI is InChI=1S/C28H24BrN3O3S/c1-3-26(31(2)36(34,35)23-17-12-19-8-4-5-9-20(19)18-23)27-30-25-11-7-6-10-24(25)28(33)32(27)22-15-13-21(29)14-16-22/h4-18,26H,3H2,1-2H3. The second-order valence-corrected chi connectivity index (χ2v) is 11.5. The first-order valence-electron chi connectivity index (χ1n) is 11.6. The van der Waals surface area contributed by atoms with E-state index in [1.807, 2.05) is 67.6 Å². The number of nitrogens with zero attached hydrogens (tertiary/aromatic N) is 3. The number of halogens is 1. The Hall–Kier alpha value is -3.33. The summed E-state index contributed by atoms with van der Waals surface area (Å²) in [5.74, 6) is 0.371. The van der Waals surface area contributed by atoms with Gasteiger partial charge in [-0.3, -0.25) is 9.36 Å². The minimum Gasteiger partial charge on any atom is -0.268 e. The summed E-state index contributed by atoms with van der Waals surface area (Å²) in [6.45, 7) is 1.89. The van der Waals surface area contributed by atoms with Crippen LogP contribution >= 0.6 is 15.9 Å². The van der Waals surface area contributed by atoms with Gasteiger partial charge in [-0.25, -0.2) is 13.4 Å². The molecular weight excluding hydrogens is 538 g/mol. The van der Waals surface area contributed by atoms with Gasteiger partial charge in [-0.05, 0) is 65.7 Å². The molecule has 0 saturated carbocycles. The average Bonchev–Trinajstić information content (AvgIpc) is 2.89. The average molecular weight is 562 g/mol. The largest absolute Gasteiger partial charge is 0.268 e. The van der Waals surface area contributed by atoms with Crippen molar-refractivity contribution >= 4 is 47.6 Å². The van der Waals surface area contributed by atoms with Crippen molar-refractivity contribution in [1.82, 2.24) is 13.9 Å². The zero-order chi connectivity index (χ0) is 25.4. The first-order valence-corrected chi connectivity index (χ1v) is 13.8. The van der Waals surface area contributed by atoms with Crippen LogP contribution in [0.1, 0.15) is 25.2 Å². The molecule has 5 rings (SSSR count). The van der Waals surface area contributed by atoms with Gasteiger partial charge in [0.25, 0.3) is 5.56 Å². The molecule has 36 heavy (non-hydrogen) atoms. The molecule has 0 saturated heterocycles. The molecule has 0 aliphatic rings. The number of fused-ring (bicyclic) bond motifs is 2. The van der Waals surface area contributed by atoms with Crippen LogP contribution in [0, 0.1) is 0 Å². The van der Waals surface area contributed by atoms with Crippen LogP contribution in [0.25, 0.3) is 27.4 Å². The van der Waals surface area contributed by atoms with E-state index in [9.17, 15) is 13.2 Å². The summed E-state index contributed by atoms with van der Waals surface area (Å²) in [5, 5.41) is 2.28. The third-order valence-corrected chi connectivity index (χ3v) is 8.80. The van der Waals surface area contributed by atoms with Crippen LogP contribution in [0.5, 0.6) is 0 Å². The number of para-hydroxylation sites is 1. The van der Waals surface area contributed by atoms with Crippen LogP contribution in [-0.2, 0) is 10.0 Å². The van der Waals surface area contributed by atoms with E-state index in [1.54, 1.807) is 37.4 Å². The van der Waals surface area contributed by atoms with Crippen molar-refractivity contribution in [2.75, 3.05) is 7.05 Å². The van der Waals surface area contributed by atoms with Crippen molar-refractivity contribution in [2.24, 2.45) is 0 Å². The van der Waals surface area contributed by atoms with Gasteiger partial charge in [0.15, 0.2) is 0 Å². The van der Waals surface area contributed by atoms with Gasteiger partial charge in [0.2, 0.25) is 10.0 Å². The molecule has 4 aromatic carbocycles. The topological polar surface area (TPSA) is 72.3 Å². The van der Waals surface area contributed by atoms with Gasteiger partial charge in [0, 0.05) is 11.5 Å².